The fourth-order valence-electron chi connectivity index (χ4n) is 2.54. The number of ether oxygens (including phenoxy) is 2. The molecule has 0 aliphatic rings. The molecule has 0 fully saturated rings. The van der Waals surface area contributed by atoms with Crippen molar-refractivity contribution in [2.45, 2.75) is 6.61 Å². The molecular weight excluding hydrogens is 390 g/mol. The smallest absolute Gasteiger partial charge is 0.291 e. The first-order chi connectivity index (χ1) is 14.5. The minimum absolute atomic E-state index is 0.00120. The Bertz CT molecular complexity index is 1080. The molecule has 10 heteroatoms. The summed E-state index contributed by atoms with van der Waals surface area (Å²) in [5, 5.41) is 18.6. The van der Waals surface area contributed by atoms with Gasteiger partial charge in [0.05, 0.1) is 18.2 Å². The van der Waals surface area contributed by atoms with E-state index in [0.29, 0.717) is 17.1 Å². The highest BCUT2D eigenvalue weighted by Gasteiger charge is 2.09. The summed E-state index contributed by atoms with van der Waals surface area (Å²) in [5.41, 5.74) is 4.18. The van der Waals surface area contributed by atoms with Crippen LogP contribution in [0.1, 0.15) is 21.6 Å². The van der Waals surface area contributed by atoms with Crippen molar-refractivity contribution in [3.05, 3.63) is 81.7 Å². The molecule has 3 rings (SSSR count). The number of aryl methyl sites for hydroxylation is 1. The first-order valence-electron chi connectivity index (χ1n) is 8.83. The summed E-state index contributed by atoms with van der Waals surface area (Å²) in [5.74, 6) is 0.675. The third kappa shape index (κ3) is 5.19. The number of benzene rings is 2. The molecule has 3 aromatic rings. The van der Waals surface area contributed by atoms with Gasteiger partial charge in [-0.05, 0) is 29.8 Å². The number of hydrazone groups is 1. The van der Waals surface area contributed by atoms with Crippen LogP contribution in [0.4, 0.5) is 5.69 Å². The summed E-state index contributed by atoms with van der Waals surface area (Å²) < 4.78 is 12.6. The molecule has 0 saturated heterocycles. The zero-order valence-corrected chi connectivity index (χ0v) is 16.3. The second kappa shape index (κ2) is 9.32. The van der Waals surface area contributed by atoms with Crippen LogP contribution in [-0.2, 0) is 13.7 Å². The Morgan fingerprint density at radius 2 is 2.03 bits per heavy atom. The van der Waals surface area contributed by atoms with Crippen molar-refractivity contribution >= 4 is 17.8 Å². The SMILES string of the molecule is COc1cc(/C=N\NC(=O)c2ccn(C)n2)ccc1COc1ccc([N+](=O)[O-])cc1. The highest BCUT2D eigenvalue weighted by molar-refractivity contribution is 5.93. The van der Waals surface area contributed by atoms with E-state index in [4.69, 9.17) is 9.47 Å². The highest BCUT2D eigenvalue weighted by Crippen LogP contribution is 2.23. The number of aromatic nitrogens is 2. The Kier molecular flexibility index (Phi) is 6.38. The quantitative estimate of drug-likeness (QED) is 0.347. The minimum atomic E-state index is -0.466. The van der Waals surface area contributed by atoms with Crippen molar-refractivity contribution in [3.8, 4) is 11.5 Å². The number of nitrogens with zero attached hydrogens (tertiary/aromatic N) is 4. The Labute approximate surface area is 171 Å². The van der Waals surface area contributed by atoms with Gasteiger partial charge in [-0.3, -0.25) is 19.6 Å². The van der Waals surface area contributed by atoms with Gasteiger partial charge < -0.3 is 9.47 Å². The lowest BCUT2D eigenvalue weighted by molar-refractivity contribution is -0.384. The third-order valence-corrected chi connectivity index (χ3v) is 4.08. The van der Waals surface area contributed by atoms with Gasteiger partial charge in [0.25, 0.3) is 11.6 Å². The largest absolute Gasteiger partial charge is 0.496 e. The minimum Gasteiger partial charge on any atom is -0.496 e. The van der Waals surface area contributed by atoms with Crippen molar-refractivity contribution in [2.75, 3.05) is 7.11 Å². The number of methoxy groups -OCH3 is 1. The standard InChI is InChI=1S/C20H19N5O5/c1-24-10-9-18(23-24)20(26)22-21-12-14-3-4-15(19(11-14)29-2)13-30-17-7-5-16(6-8-17)25(27)28/h3-12H,13H2,1-2H3,(H,22,26)/b21-12-. The van der Waals surface area contributed by atoms with E-state index in [9.17, 15) is 14.9 Å². The predicted molar refractivity (Wildman–Crippen MR) is 109 cm³/mol. The highest BCUT2D eigenvalue weighted by atomic mass is 16.6. The van der Waals surface area contributed by atoms with Crippen molar-refractivity contribution in [1.29, 1.82) is 0 Å². The number of rotatable bonds is 8. The summed E-state index contributed by atoms with van der Waals surface area (Å²) in [6.45, 7) is 0.217. The number of nitrogens with one attached hydrogen (secondary N) is 1. The van der Waals surface area contributed by atoms with E-state index >= 15 is 0 Å². The molecule has 0 saturated carbocycles. The molecule has 0 aliphatic carbocycles. The molecular formula is C20H19N5O5. The molecule has 0 bridgehead atoms. The zero-order chi connectivity index (χ0) is 21.5. The lowest BCUT2D eigenvalue weighted by Crippen LogP contribution is -2.18. The van der Waals surface area contributed by atoms with Gasteiger partial charge in [0.2, 0.25) is 0 Å². The van der Waals surface area contributed by atoms with Crippen LogP contribution in [-0.4, -0.2) is 33.9 Å². The van der Waals surface area contributed by atoms with E-state index in [1.54, 1.807) is 31.4 Å². The summed E-state index contributed by atoms with van der Waals surface area (Å²) in [6.07, 6.45) is 3.16. The summed E-state index contributed by atoms with van der Waals surface area (Å²) in [6, 6.07) is 12.8. The first kappa shape index (κ1) is 20.5. The lowest BCUT2D eigenvalue weighted by atomic mass is 10.1. The van der Waals surface area contributed by atoms with Crippen LogP contribution < -0.4 is 14.9 Å². The average Bonchev–Trinajstić information content (AvgIpc) is 3.19. The van der Waals surface area contributed by atoms with Gasteiger partial charge in [0.1, 0.15) is 18.1 Å². The number of hydrogen-bond donors (Lipinski definition) is 1. The van der Waals surface area contributed by atoms with Gasteiger partial charge in [-0.2, -0.15) is 10.2 Å². The molecule has 0 unspecified atom stereocenters. The van der Waals surface area contributed by atoms with E-state index in [2.05, 4.69) is 15.6 Å². The van der Waals surface area contributed by atoms with Crippen LogP contribution in [0.25, 0.3) is 0 Å². The van der Waals surface area contributed by atoms with Crippen molar-refractivity contribution in [1.82, 2.24) is 15.2 Å². The van der Waals surface area contributed by atoms with Gasteiger partial charge >= 0.3 is 0 Å². The van der Waals surface area contributed by atoms with Crippen LogP contribution in [0.3, 0.4) is 0 Å². The maximum Gasteiger partial charge on any atom is 0.291 e. The van der Waals surface area contributed by atoms with E-state index < -0.39 is 10.8 Å². The Balaban J connectivity index is 1.61. The Morgan fingerprint density at radius 1 is 1.27 bits per heavy atom. The number of carbonyl (C=O) groups is 1. The van der Waals surface area contributed by atoms with Gasteiger partial charge in [-0.25, -0.2) is 5.43 Å². The predicted octanol–water partition coefficient (Wildman–Crippen LogP) is 2.68. The number of amides is 1. The average molecular weight is 409 g/mol. The molecule has 0 aliphatic heterocycles. The first-order valence-corrected chi connectivity index (χ1v) is 8.83. The number of nitro groups is 1. The van der Waals surface area contributed by atoms with Gasteiger partial charge in [0.15, 0.2) is 5.69 Å². The molecule has 154 valence electrons. The van der Waals surface area contributed by atoms with Crippen LogP contribution >= 0.6 is 0 Å². The summed E-state index contributed by atoms with van der Waals surface area (Å²) in [7, 11) is 3.26. The molecule has 0 spiro atoms. The van der Waals surface area contributed by atoms with Gasteiger partial charge in [-0.15, -0.1) is 0 Å². The fourth-order valence-corrected chi connectivity index (χ4v) is 2.54. The van der Waals surface area contributed by atoms with E-state index in [-0.39, 0.29) is 18.0 Å². The molecule has 1 N–H and O–H groups in total. The van der Waals surface area contributed by atoms with Crippen LogP contribution in [0.15, 0.2) is 59.8 Å². The Hall–Kier alpha value is -4.21. The molecule has 30 heavy (non-hydrogen) atoms. The Morgan fingerprint density at radius 3 is 2.67 bits per heavy atom. The maximum absolute atomic E-state index is 11.9. The van der Waals surface area contributed by atoms with Gasteiger partial charge in [0, 0.05) is 30.9 Å². The maximum atomic E-state index is 11.9. The number of hydrogen-bond acceptors (Lipinski definition) is 7. The normalized spacial score (nSPS) is 10.7. The number of non-ortho nitro benzene ring substituents is 1. The van der Waals surface area contributed by atoms with Crippen molar-refractivity contribution < 1.29 is 19.2 Å². The third-order valence-electron chi connectivity index (χ3n) is 4.08. The second-order valence-corrected chi connectivity index (χ2v) is 6.18. The topological polar surface area (TPSA) is 121 Å². The number of carbonyl (C=O) groups excluding carboxylic acids is 1. The van der Waals surface area contributed by atoms with Crippen LogP contribution in [0, 0.1) is 10.1 Å². The van der Waals surface area contributed by atoms with Crippen molar-refractivity contribution in [2.24, 2.45) is 12.1 Å². The molecule has 1 aromatic heterocycles. The monoisotopic (exact) mass is 409 g/mol. The molecule has 10 nitrogen and oxygen atoms in total. The fraction of sp³-hybridized carbons (Fsp3) is 0.150. The lowest BCUT2D eigenvalue weighted by Gasteiger charge is -2.11. The summed E-state index contributed by atoms with van der Waals surface area (Å²) >= 11 is 0. The molecule has 1 amide bonds. The number of nitro benzene ring substituents is 1. The van der Waals surface area contributed by atoms with E-state index in [1.165, 1.54) is 42.3 Å². The van der Waals surface area contributed by atoms with E-state index in [0.717, 1.165) is 5.56 Å². The molecule has 0 radical (unpaired) electrons. The second-order valence-electron chi connectivity index (χ2n) is 6.18. The molecule has 0 atom stereocenters. The van der Waals surface area contributed by atoms with Crippen LogP contribution in [0.5, 0.6) is 11.5 Å². The summed E-state index contributed by atoms with van der Waals surface area (Å²) in [4.78, 5) is 22.2. The molecule has 1 heterocycles. The van der Waals surface area contributed by atoms with Crippen LogP contribution in [0.2, 0.25) is 0 Å². The zero-order valence-electron chi connectivity index (χ0n) is 16.3. The van der Waals surface area contributed by atoms with E-state index in [1.807, 2.05) is 6.07 Å². The van der Waals surface area contributed by atoms with Crippen molar-refractivity contribution in [3.63, 3.8) is 0 Å². The molecule has 2 aromatic carbocycles. The van der Waals surface area contributed by atoms with Gasteiger partial charge in [-0.1, -0.05) is 12.1 Å².